The summed E-state index contributed by atoms with van der Waals surface area (Å²) < 4.78 is 19.8. The Morgan fingerprint density at radius 1 is 0.725 bits per heavy atom. The predicted octanol–water partition coefficient (Wildman–Crippen LogP) is 7.18. The van der Waals surface area contributed by atoms with Crippen molar-refractivity contribution in [2.75, 3.05) is 6.61 Å². The first-order valence-corrected chi connectivity index (χ1v) is 14.6. The Labute approximate surface area is 240 Å². The lowest BCUT2D eigenvalue weighted by Crippen LogP contribution is -2.37. The zero-order chi connectivity index (χ0) is 27.6. The first-order chi connectivity index (χ1) is 19.5. The van der Waals surface area contributed by atoms with E-state index in [1.165, 1.54) is 0 Å². The van der Waals surface area contributed by atoms with Gasteiger partial charge >= 0.3 is 0 Å². The van der Waals surface area contributed by atoms with Crippen LogP contribution in [0, 0.1) is 5.92 Å². The quantitative estimate of drug-likeness (QED) is 0.186. The molecule has 4 atom stereocenters. The third kappa shape index (κ3) is 5.16. The van der Waals surface area contributed by atoms with Crippen molar-refractivity contribution >= 4 is 11.8 Å². The fraction of sp³-hybridized carbons (Fsp3) is 0.257. The summed E-state index contributed by atoms with van der Waals surface area (Å²) in [4.78, 5) is 1.10. The van der Waals surface area contributed by atoms with Crippen molar-refractivity contribution in [3.63, 3.8) is 0 Å². The second-order valence-corrected chi connectivity index (χ2v) is 11.7. The van der Waals surface area contributed by atoms with Crippen LogP contribution in [-0.2, 0) is 19.8 Å². The lowest BCUT2D eigenvalue weighted by Gasteiger charge is -2.37. The number of ether oxygens (including phenoxy) is 3. The van der Waals surface area contributed by atoms with Gasteiger partial charge in [0.25, 0.3) is 0 Å². The van der Waals surface area contributed by atoms with E-state index >= 15 is 0 Å². The third-order valence-corrected chi connectivity index (χ3v) is 8.67. The number of hydrogen-bond donors (Lipinski definition) is 1. The molecule has 0 spiro atoms. The number of aliphatic hydroxyl groups is 1. The van der Waals surface area contributed by atoms with Gasteiger partial charge in [-0.1, -0.05) is 121 Å². The zero-order valence-corrected chi connectivity index (χ0v) is 23.5. The molecule has 1 N–H and O–H groups in total. The van der Waals surface area contributed by atoms with Gasteiger partial charge in [-0.15, -0.1) is 0 Å². The Hall–Kier alpha value is -3.19. The third-order valence-electron chi connectivity index (χ3n) is 7.74. The highest BCUT2D eigenvalue weighted by atomic mass is 32.2. The molecule has 1 saturated heterocycles. The molecule has 1 aliphatic carbocycles. The van der Waals surface area contributed by atoms with Crippen molar-refractivity contribution in [2.24, 2.45) is 5.92 Å². The van der Waals surface area contributed by atoms with E-state index < -0.39 is 23.6 Å². The average Bonchev–Trinajstić information content (AvgIpc) is 3.44. The van der Waals surface area contributed by atoms with Gasteiger partial charge in [-0.3, -0.25) is 0 Å². The molecule has 204 valence electrons. The van der Waals surface area contributed by atoms with Crippen molar-refractivity contribution in [1.29, 1.82) is 0 Å². The molecule has 2 fully saturated rings. The molecule has 4 aromatic rings. The molecule has 4 nitrogen and oxygen atoms in total. The van der Waals surface area contributed by atoms with E-state index in [1.54, 1.807) is 11.8 Å². The summed E-state index contributed by atoms with van der Waals surface area (Å²) in [5.41, 5.74) is 3.13. The standard InChI is InChI=1S/C35H34O4S/c1-34(2)38-32-29(30(31(36)33(32)39-34)24-40-28-21-13-6-14-22-28)23-37-35(25-15-7-3-8-16-25,26-17-9-4-10-18-26)27-19-11-5-12-20-27/h3-22,24,29,31-33,36H,23H2,1-2H3/b30-24-/t29-,31+,32-,33+/m1/s1. The Morgan fingerprint density at radius 2 is 1.18 bits per heavy atom. The molecule has 0 unspecified atom stereocenters. The highest BCUT2D eigenvalue weighted by molar-refractivity contribution is 8.02. The highest BCUT2D eigenvalue weighted by Gasteiger charge is 2.56. The van der Waals surface area contributed by atoms with Gasteiger partial charge in [0.2, 0.25) is 0 Å². The molecule has 1 aliphatic heterocycles. The maximum Gasteiger partial charge on any atom is 0.163 e. The molecule has 6 rings (SSSR count). The van der Waals surface area contributed by atoms with Crippen molar-refractivity contribution in [1.82, 2.24) is 0 Å². The van der Waals surface area contributed by atoms with E-state index in [-0.39, 0.29) is 12.0 Å². The van der Waals surface area contributed by atoms with E-state index in [0.717, 1.165) is 27.2 Å². The van der Waals surface area contributed by atoms with Gasteiger partial charge in [0.05, 0.1) is 12.7 Å². The van der Waals surface area contributed by atoms with Gasteiger partial charge in [-0.25, -0.2) is 0 Å². The number of aliphatic hydroxyl groups excluding tert-OH is 1. The van der Waals surface area contributed by atoms with E-state index in [2.05, 4.69) is 53.9 Å². The van der Waals surface area contributed by atoms with Gasteiger partial charge in [-0.2, -0.15) is 0 Å². The minimum atomic E-state index is -0.862. The van der Waals surface area contributed by atoms with Crippen molar-refractivity contribution in [2.45, 2.75) is 48.4 Å². The summed E-state index contributed by atoms with van der Waals surface area (Å²) in [6, 6.07) is 41.2. The summed E-state index contributed by atoms with van der Waals surface area (Å²) >= 11 is 1.60. The van der Waals surface area contributed by atoms with Crippen molar-refractivity contribution in [3.8, 4) is 0 Å². The lowest BCUT2D eigenvalue weighted by molar-refractivity contribution is -0.163. The van der Waals surface area contributed by atoms with Crippen molar-refractivity contribution in [3.05, 3.63) is 149 Å². The van der Waals surface area contributed by atoms with Gasteiger partial charge in [0.15, 0.2) is 5.79 Å². The number of rotatable bonds is 8. The van der Waals surface area contributed by atoms with Gasteiger partial charge < -0.3 is 19.3 Å². The van der Waals surface area contributed by atoms with Crippen molar-refractivity contribution < 1.29 is 19.3 Å². The fourth-order valence-corrected chi connectivity index (χ4v) is 6.84. The predicted molar refractivity (Wildman–Crippen MR) is 159 cm³/mol. The SMILES string of the molecule is CC1(C)O[C@@H]2[C@H](O1)[C@H](COC(c1ccccc1)(c1ccccc1)c1ccccc1)/C(=C/Sc1ccccc1)[C@@H]2O. The van der Waals surface area contributed by atoms with Gasteiger partial charge in [0, 0.05) is 10.8 Å². The van der Waals surface area contributed by atoms with Crippen LogP contribution in [0.25, 0.3) is 0 Å². The Bertz CT molecular complexity index is 1330. The van der Waals surface area contributed by atoms with Crippen LogP contribution in [0.5, 0.6) is 0 Å². The summed E-state index contributed by atoms with van der Waals surface area (Å²) in [5, 5.41) is 13.5. The smallest absolute Gasteiger partial charge is 0.163 e. The Morgan fingerprint density at radius 3 is 1.68 bits per heavy atom. The average molecular weight is 551 g/mol. The van der Waals surface area contributed by atoms with Crippen LogP contribution < -0.4 is 0 Å². The van der Waals surface area contributed by atoms with E-state index in [0.29, 0.717) is 6.61 Å². The van der Waals surface area contributed by atoms with Gasteiger partial charge in [0.1, 0.15) is 17.8 Å². The topological polar surface area (TPSA) is 47.9 Å². The van der Waals surface area contributed by atoms with Crippen LogP contribution in [0.3, 0.4) is 0 Å². The van der Waals surface area contributed by atoms with E-state index in [9.17, 15) is 5.11 Å². The maximum atomic E-state index is 11.5. The normalized spacial score (nSPS) is 24.7. The number of thioether (sulfide) groups is 1. The van der Waals surface area contributed by atoms with Crippen LogP contribution in [0.1, 0.15) is 30.5 Å². The van der Waals surface area contributed by atoms with Crippen LogP contribution in [-0.4, -0.2) is 35.8 Å². The first-order valence-electron chi connectivity index (χ1n) is 13.7. The van der Waals surface area contributed by atoms with Crippen LogP contribution in [0.15, 0.2) is 137 Å². The molecular formula is C35H34O4S. The summed E-state index contributed by atoms with van der Waals surface area (Å²) in [6.07, 6.45) is -1.56. The summed E-state index contributed by atoms with van der Waals surface area (Å²) in [5.74, 6) is -0.976. The molecule has 5 heteroatoms. The zero-order valence-electron chi connectivity index (χ0n) is 22.7. The molecular weight excluding hydrogens is 516 g/mol. The number of fused-ring (bicyclic) bond motifs is 1. The number of hydrogen-bond acceptors (Lipinski definition) is 5. The molecule has 2 aliphatic rings. The maximum absolute atomic E-state index is 11.5. The fourth-order valence-electron chi connectivity index (χ4n) is 5.94. The molecule has 40 heavy (non-hydrogen) atoms. The minimum Gasteiger partial charge on any atom is -0.386 e. The lowest BCUT2D eigenvalue weighted by atomic mass is 9.80. The molecule has 0 aromatic heterocycles. The van der Waals surface area contributed by atoms with Crippen LogP contribution in [0.4, 0.5) is 0 Å². The van der Waals surface area contributed by atoms with E-state index in [1.807, 2.05) is 86.6 Å². The molecule has 0 radical (unpaired) electrons. The molecule has 1 heterocycles. The van der Waals surface area contributed by atoms with E-state index in [4.69, 9.17) is 14.2 Å². The summed E-state index contributed by atoms with van der Waals surface area (Å²) in [6.45, 7) is 4.14. The van der Waals surface area contributed by atoms with Crippen LogP contribution >= 0.6 is 11.8 Å². The second-order valence-electron chi connectivity index (χ2n) is 10.8. The highest BCUT2D eigenvalue weighted by Crippen LogP contribution is 2.48. The number of benzene rings is 4. The van der Waals surface area contributed by atoms with Crippen LogP contribution in [0.2, 0.25) is 0 Å². The first kappa shape index (κ1) is 27.0. The Balaban J connectivity index is 1.42. The second kappa shape index (κ2) is 11.4. The monoisotopic (exact) mass is 550 g/mol. The molecule has 0 bridgehead atoms. The minimum absolute atomic E-state index is 0.200. The Kier molecular flexibility index (Phi) is 7.67. The molecule has 4 aromatic carbocycles. The molecule has 0 amide bonds. The molecule has 1 saturated carbocycles. The van der Waals surface area contributed by atoms with Gasteiger partial charge in [-0.05, 0) is 53.7 Å². The largest absolute Gasteiger partial charge is 0.386 e. The summed E-state index contributed by atoms with van der Waals surface area (Å²) in [7, 11) is 0.